The third-order valence-corrected chi connectivity index (χ3v) is 5.20. The zero-order valence-electron chi connectivity index (χ0n) is 19.4. The lowest BCUT2D eigenvalue weighted by atomic mass is 10.1. The molecule has 182 valence electrons. The number of halogens is 2. The quantitative estimate of drug-likeness (QED) is 0.397. The minimum absolute atomic E-state index is 0.136. The highest BCUT2D eigenvalue weighted by Gasteiger charge is 2.35. The van der Waals surface area contributed by atoms with E-state index in [0.29, 0.717) is 29.1 Å². The normalized spacial score (nSPS) is 12.2. The van der Waals surface area contributed by atoms with Crippen molar-refractivity contribution >= 4 is 28.8 Å². The predicted molar refractivity (Wildman–Crippen MR) is 123 cm³/mol. The second-order valence-corrected chi connectivity index (χ2v) is 7.43. The molecule has 9 nitrogen and oxygen atoms in total. The van der Waals surface area contributed by atoms with Crippen molar-refractivity contribution in [3.8, 4) is 11.5 Å². The van der Waals surface area contributed by atoms with Crippen molar-refractivity contribution in [2.24, 2.45) is 0 Å². The summed E-state index contributed by atoms with van der Waals surface area (Å²) in [5.41, 5.74) is 1.63. The number of alkyl halides is 2. The van der Waals surface area contributed by atoms with Gasteiger partial charge in [-0.2, -0.15) is 4.98 Å². The molecule has 11 heteroatoms. The molecule has 0 bridgehead atoms. The molecule has 1 atom stereocenters. The molecule has 34 heavy (non-hydrogen) atoms. The van der Waals surface area contributed by atoms with Gasteiger partial charge in [0, 0.05) is 37.2 Å². The Morgan fingerprint density at radius 1 is 1.15 bits per heavy atom. The molecule has 0 radical (unpaired) electrons. The Morgan fingerprint density at radius 2 is 1.94 bits per heavy atom. The Morgan fingerprint density at radius 3 is 2.62 bits per heavy atom. The fourth-order valence-electron chi connectivity index (χ4n) is 3.26. The van der Waals surface area contributed by atoms with Crippen LogP contribution < -0.4 is 20.1 Å². The van der Waals surface area contributed by atoms with Crippen LogP contribution in [0.2, 0.25) is 0 Å². The van der Waals surface area contributed by atoms with Crippen LogP contribution in [0.25, 0.3) is 11.0 Å². The van der Waals surface area contributed by atoms with E-state index in [0.717, 1.165) is 12.7 Å². The molecule has 0 aliphatic heterocycles. The lowest BCUT2D eigenvalue weighted by Crippen LogP contribution is -2.37. The van der Waals surface area contributed by atoms with E-state index in [4.69, 9.17) is 14.2 Å². The van der Waals surface area contributed by atoms with Crippen LogP contribution in [-0.4, -0.2) is 54.2 Å². The van der Waals surface area contributed by atoms with Gasteiger partial charge < -0.3 is 24.8 Å². The van der Waals surface area contributed by atoms with E-state index < -0.39 is 30.8 Å². The number of nitrogens with one attached hydrogen (secondary N) is 2. The molecule has 1 unspecified atom stereocenters. The third-order valence-electron chi connectivity index (χ3n) is 5.20. The van der Waals surface area contributed by atoms with E-state index in [9.17, 15) is 13.6 Å². The Balaban J connectivity index is 1.91. The maximum absolute atomic E-state index is 14.1. The SMILES string of the molecule is CCC(F)(F)CC(Nc1nc(NCc2ccc(OC)cc2OC)nc2cccnc12)C(=O)OC. The lowest BCUT2D eigenvalue weighted by molar-refractivity contribution is -0.144. The maximum atomic E-state index is 14.1. The van der Waals surface area contributed by atoms with Gasteiger partial charge in [0.2, 0.25) is 11.9 Å². The van der Waals surface area contributed by atoms with Crippen LogP contribution in [0.4, 0.5) is 20.5 Å². The molecule has 3 aromatic rings. The fourth-order valence-corrected chi connectivity index (χ4v) is 3.26. The molecule has 0 aliphatic rings. The Kier molecular flexibility index (Phi) is 7.98. The summed E-state index contributed by atoms with van der Waals surface area (Å²) in [6.45, 7) is 1.66. The van der Waals surface area contributed by atoms with Crippen LogP contribution in [0.1, 0.15) is 25.3 Å². The zero-order chi connectivity index (χ0) is 24.7. The van der Waals surface area contributed by atoms with E-state index in [1.165, 1.54) is 13.1 Å². The maximum Gasteiger partial charge on any atom is 0.328 e. The zero-order valence-corrected chi connectivity index (χ0v) is 19.4. The number of rotatable bonds is 11. The molecule has 0 saturated heterocycles. The van der Waals surface area contributed by atoms with E-state index in [1.807, 2.05) is 6.07 Å². The number of pyridine rings is 1. The van der Waals surface area contributed by atoms with Gasteiger partial charge in [-0.25, -0.2) is 18.6 Å². The van der Waals surface area contributed by atoms with Crippen molar-refractivity contribution in [1.29, 1.82) is 0 Å². The second kappa shape index (κ2) is 10.9. The van der Waals surface area contributed by atoms with Gasteiger partial charge in [0.05, 0.1) is 26.8 Å². The largest absolute Gasteiger partial charge is 0.497 e. The molecule has 2 aromatic heterocycles. The van der Waals surface area contributed by atoms with Gasteiger partial charge >= 0.3 is 5.97 Å². The Hall–Kier alpha value is -3.76. The smallest absolute Gasteiger partial charge is 0.328 e. The van der Waals surface area contributed by atoms with Crippen molar-refractivity contribution in [3.63, 3.8) is 0 Å². The summed E-state index contributed by atoms with van der Waals surface area (Å²) in [5, 5.41) is 5.90. The molecule has 2 heterocycles. The topological polar surface area (TPSA) is 107 Å². The molecule has 0 amide bonds. The Labute approximate surface area is 195 Å². The second-order valence-electron chi connectivity index (χ2n) is 7.43. The first-order valence-corrected chi connectivity index (χ1v) is 10.6. The van der Waals surface area contributed by atoms with Gasteiger partial charge in [0.25, 0.3) is 0 Å². The minimum Gasteiger partial charge on any atom is -0.497 e. The van der Waals surface area contributed by atoms with Gasteiger partial charge in [-0.05, 0) is 24.3 Å². The lowest BCUT2D eigenvalue weighted by Gasteiger charge is -2.22. The highest BCUT2D eigenvalue weighted by atomic mass is 19.3. The van der Waals surface area contributed by atoms with Gasteiger partial charge in [-0.15, -0.1) is 0 Å². The molecule has 2 N–H and O–H groups in total. The van der Waals surface area contributed by atoms with Gasteiger partial charge in [0.15, 0.2) is 5.82 Å². The van der Waals surface area contributed by atoms with Crippen LogP contribution in [0.15, 0.2) is 36.5 Å². The summed E-state index contributed by atoms with van der Waals surface area (Å²) in [5.74, 6) is -2.27. The van der Waals surface area contributed by atoms with Gasteiger partial charge in [-0.3, -0.25) is 4.98 Å². The summed E-state index contributed by atoms with van der Waals surface area (Å²) in [7, 11) is 4.26. The number of carbonyl (C=O) groups excluding carboxylic acids is 1. The van der Waals surface area contributed by atoms with E-state index in [-0.39, 0.29) is 11.8 Å². The highest BCUT2D eigenvalue weighted by molar-refractivity contribution is 5.88. The van der Waals surface area contributed by atoms with Crippen molar-refractivity contribution in [3.05, 3.63) is 42.1 Å². The number of carbonyl (C=O) groups is 1. The van der Waals surface area contributed by atoms with Crippen molar-refractivity contribution in [2.45, 2.75) is 38.3 Å². The van der Waals surface area contributed by atoms with Crippen LogP contribution >= 0.6 is 0 Å². The van der Waals surface area contributed by atoms with Crippen LogP contribution in [0.5, 0.6) is 11.5 Å². The third kappa shape index (κ3) is 5.97. The van der Waals surface area contributed by atoms with Crippen molar-refractivity contribution in [2.75, 3.05) is 32.0 Å². The number of nitrogens with zero attached hydrogens (tertiary/aromatic N) is 3. The summed E-state index contributed by atoms with van der Waals surface area (Å²) >= 11 is 0. The minimum atomic E-state index is -3.06. The fraction of sp³-hybridized carbons (Fsp3) is 0.391. The standard InChI is InChI=1S/C23H27F2N5O4/c1-5-23(24,25)12-17(21(31)34-4)28-20-19-16(7-6-10-26-19)29-22(30-20)27-13-14-8-9-15(32-2)11-18(14)33-3/h6-11,17H,5,12-13H2,1-4H3,(H2,27,28,29,30). The molecule has 0 spiro atoms. The van der Waals surface area contributed by atoms with Crippen LogP contribution in [-0.2, 0) is 16.1 Å². The van der Waals surface area contributed by atoms with Gasteiger partial charge in [0.1, 0.15) is 23.1 Å². The molecular formula is C23H27F2N5O4. The first-order chi connectivity index (χ1) is 16.3. The summed E-state index contributed by atoms with van der Waals surface area (Å²) < 4.78 is 43.6. The number of hydrogen-bond acceptors (Lipinski definition) is 9. The summed E-state index contributed by atoms with van der Waals surface area (Å²) in [6, 6.07) is 7.47. The number of hydrogen-bond donors (Lipinski definition) is 2. The number of benzene rings is 1. The molecule has 0 fully saturated rings. The molecule has 0 saturated carbocycles. The van der Waals surface area contributed by atoms with Gasteiger partial charge in [-0.1, -0.05) is 6.92 Å². The number of aromatic nitrogens is 3. The highest BCUT2D eigenvalue weighted by Crippen LogP contribution is 2.29. The first kappa shape index (κ1) is 24.9. The average Bonchev–Trinajstić information content (AvgIpc) is 2.86. The van der Waals surface area contributed by atoms with Crippen LogP contribution in [0, 0.1) is 0 Å². The molecule has 0 aliphatic carbocycles. The average molecular weight is 475 g/mol. The van der Waals surface area contributed by atoms with E-state index >= 15 is 0 Å². The van der Waals surface area contributed by atoms with E-state index in [2.05, 4.69) is 25.6 Å². The number of fused-ring (bicyclic) bond motifs is 1. The number of anilines is 2. The first-order valence-electron chi connectivity index (χ1n) is 10.6. The monoisotopic (exact) mass is 475 g/mol. The van der Waals surface area contributed by atoms with Crippen LogP contribution in [0.3, 0.4) is 0 Å². The molecular weight excluding hydrogens is 448 g/mol. The number of ether oxygens (including phenoxy) is 3. The number of esters is 1. The number of methoxy groups -OCH3 is 3. The van der Waals surface area contributed by atoms with Crippen molar-refractivity contribution < 1.29 is 27.8 Å². The predicted octanol–water partition coefficient (Wildman–Crippen LogP) is 4.04. The molecule has 3 rings (SSSR count). The summed E-state index contributed by atoms with van der Waals surface area (Å²) in [4.78, 5) is 25.3. The summed E-state index contributed by atoms with van der Waals surface area (Å²) in [6.07, 6.45) is 0.363. The van der Waals surface area contributed by atoms with Crippen molar-refractivity contribution in [1.82, 2.24) is 15.0 Å². The van der Waals surface area contributed by atoms with E-state index in [1.54, 1.807) is 38.5 Å². The Bertz CT molecular complexity index is 1150. The molecule has 1 aromatic carbocycles.